The lowest BCUT2D eigenvalue weighted by Gasteiger charge is -2.11. The summed E-state index contributed by atoms with van der Waals surface area (Å²) in [7, 11) is 0. The summed E-state index contributed by atoms with van der Waals surface area (Å²) in [6, 6.07) is 9.86. The Balaban J connectivity index is 2.35. The Hall–Kier alpha value is -1.92. The number of hydrogen-bond acceptors (Lipinski definition) is 4. The monoisotopic (exact) mass is 337 g/mol. The SMILES string of the molecule is Cc1c(Oc2ccc(CO)cc2Br)cccc1[N+](=O)[O-]. The molecule has 0 saturated carbocycles. The maximum atomic E-state index is 10.9. The molecule has 2 rings (SSSR count). The van der Waals surface area contributed by atoms with Gasteiger partial charge in [-0.05, 0) is 46.6 Å². The number of rotatable bonds is 4. The van der Waals surface area contributed by atoms with Crippen molar-refractivity contribution in [1.29, 1.82) is 0 Å². The average molecular weight is 338 g/mol. The van der Waals surface area contributed by atoms with Crippen LogP contribution >= 0.6 is 15.9 Å². The minimum absolute atomic E-state index is 0.0191. The molecule has 0 heterocycles. The number of hydrogen-bond donors (Lipinski definition) is 1. The van der Waals surface area contributed by atoms with Gasteiger partial charge in [-0.15, -0.1) is 0 Å². The molecular formula is C14H12BrNO4. The van der Waals surface area contributed by atoms with Crippen LogP contribution in [0.5, 0.6) is 11.5 Å². The zero-order chi connectivity index (χ0) is 14.7. The summed E-state index contributed by atoms with van der Waals surface area (Å²) >= 11 is 3.35. The smallest absolute Gasteiger partial charge is 0.276 e. The summed E-state index contributed by atoms with van der Waals surface area (Å²) in [4.78, 5) is 10.5. The molecule has 0 spiro atoms. The van der Waals surface area contributed by atoms with E-state index in [1.54, 1.807) is 37.3 Å². The number of halogens is 1. The van der Waals surface area contributed by atoms with Gasteiger partial charge < -0.3 is 9.84 Å². The Labute approximate surface area is 124 Å². The molecule has 0 amide bonds. The topological polar surface area (TPSA) is 72.6 Å². The summed E-state index contributed by atoms with van der Waals surface area (Å²) in [5, 5.41) is 19.9. The quantitative estimate of drug-likeness (QED) is 0.677. The fourth-order valence-electron chi connectivity index (χ4n) is 1.76. The first-order valence-electron chi connectivity index (χ1n) is 5.84. The molecule has 0 fully saturated rings. The van der Waals surface area contributed by atoms with Crippen LogP contribution in [0.15, 0.2) is 40.9 Å². The van der Waals surface area contributed by atoms with Crippen molar-refractivity contribution in [2.75, 3.05) is 0 Å². The molecule has 2 aromatic carbocycles. The van der Waals surface area contributed by atoms with Crippen LogP contribution in [-0.2, 0) is 6.61 Å². The molecule has 0 aliphatic carbocycles. The lowest BCUT2D eigenvalue weighted by molar-refractivity contribution is -0.385. The van der Waals surface area contributed by atoms with Crippen LogP contribution in [0.3, 0.4) is 0 Å². The number of ether oxygens (including phenoxy) is 1. The van der Waals surface area contributed by atoms with Crippen molar-refractivity contribution in [2.45, 2.75) is 13.5 Å². The Morgan fingerprint density at radius 2 is 2.05 bits per heavy atom. The minimum Gasteiger partial charge on any atom is -0.456 e. The highest BCUT2D eigenvalue weighted by Gasteiger charge is 2.15. The van der Waals surface area contributed by atoms with Crippen molar-refractivity contribution in [3.05, 3.63) is 62.1 Å². The number of aliphatic hydroxyl groups is 1. The zero-order valence-electron chi connectivity index (χ0n) is 10.7. The van der Waals surface area contributed by atoms with E-state index in [2.05, 4.69) is 15.9 Å². The molecule has 0 saturated heterocycles. The summed E-state index contributed by atoms with van der Waals surface area (Å²) in [5.74, 6) is 0.961. The number of nitro benzene ring substituents is 1. The lowest BCUT2D eigenvalue weighted by Crippen LogP contribution is -1.95. The molecule has 0 aliphatic heterocycles. The second-order valence-corrected chi connectivity index (χ2v) is 5.04. The summed E-state index contributed by atoms with van der Waals surface area (Å²) in [5.41, 5.74) is 1.24. The van der Waals surface area contributed by atoms with Gasteiger partial charge in [0.1, 0.15) is 11.5 Å². The molecule has 0 atom stereocenters. The second kappa shape index (κ2) is 6.02. The molecule has 5 nitrogen and oxygen atoms in total. The first-order chi connectivity index (χ1) is 9.52. The molecule has 104 valence electrons. The molecule has 20 heavy (non-hydrogen) atoms. The van der Waals surface area contributed by atoms with Crippen LogP contribution in [0.1, 0.15) is 11.1 Å². The van der Waals surface area contributed by atoms with E-state index in [1.807, 2.05) is 0 Å². The van der Waals surface area contributed by atoms with Crippen LogP contribution < -0.4 is 4.74 Å². The molecule has 0 radical (unpaired) electrons. The largest absolute Gasteiger partial charge is 0.456 e. The molecule has 2 aromatic rings. The van der Waals surface area contributed by atoms with Crippen molar-refractivity contribution >= 4 is 21.6 Å². The van der Waals surface area contributed by atoms with Gasteiger partial charge in [0.15, 0.2) is 0 Å². The van der Waals surface area contributed by atoms with E-state index < -0.39 is 4.92 Å². The third kappa shape index (κ3) is 2.97. The number of nitrogens with zero attached hydrogens (tertiary/aromatic N) is 1. The minimum atomic E-state index is -0.438. The molecule has 0 bridgehead atoms. The van der Waals surface area contributed by atoms with Gasteiger partial charge >= 0.3 is 0 Å². The van der Waals surface area contributed by atoms with Gasteiger partial charge in [-0.2, -0.15) is 0 Å². The van der Waals surface area contributed by atoms with E-state index >= 15 is 0 Å². The maximum absolute atomic E-state index is 10.9. The van der Waals surface area contributed by atoms with E-state index in [4.69, 9.17) is 9.84 Å². The van der Waals surface area contributed by atoms with Crippen molar-refractivity contribution in [3.8, 4) is 11.5 Å². The van der Waals surface area contributed by atoms with Gasteiger partial charge in [0, 0.05) is 6.07 Å². The molecular weight excluding hydrogens is 326 g/mol. The van der Waals surface area contributed by atoms with E-state index in [-0.39, 0.29) is 12.3 Å². The molecule has 1 N–H and O–H groups in total. The highest BCUT2D eigenvalue weighted by Crippen LogP contribution is 2.34. The van der Waals surface area contributed by atoms with Crippen molar-refractivity contribution < 1.29 is 14.8 Å². The van der Waals surface area contributed by atoms with Crippen molar-refractivity contribution in [3.63, 3.8) is 0 Å². The number of benzene rings is 2. The van der Waals surface area contributed by atoms with Crippen LogP contribution in [0.25, 0.3) is 0 Å². The van der Waals surface area contributed by atoms with E-state index in [1.165, 1.54) is 6.07 Å². The summed E-state index contributed by atoms with van der Waals surface area (Å²) < 4.78 is 6.37. The maximum Gasteiger partial charge on any atom is 0.276 e. The van der Waals surface area contributed by atoms with E-state index in [0.29, 0.717) is 21.5 Å². The number of aliphatic hydroxyl groups excluding tert-OH is 1. The van der Waals surface area contributed by atoms with Crippen LogP contribution in [-0.4, -0.2) is 10.0 Å². The predicted molar refractivity (Wildman–Crippen MR) is 78.0 cm³/mol. The van der Waals surface area contributed by atoms with E-state index in [9.17, 15) is 10.1 Å². The highest BCUT2D eigenvalue weighted by atomic mass is 79.9. The first kappa shape index (κ1) is 14.5. The summed E-state index contributed by atoms with van der Waals surface area (Å²) in [6.07, 6.45) is 0. The Bertz CT molecular complexity index is 658. The van der Waals surface area contributed by atoms with Gasteiger partial charge in [0.2, 0.25) is 0 Å². The predicted octanol–water partition coefficient (Wildman–Crippen LogP) is 3.95. The molecule has 0 aromatic heterocycles. The standard InChI is InChI=1S/C14H12BrNO4/c1-9-12(16(18)19)3-2-4-13(9)20-14-6-5-10(8-17)7-11(14)15/h2-7,17H,8H2,1H3. The third-order valence-corrected chi connectivity index (χ3v) is 3.47. The van der Waals surface area contributed by atoms with E-state index in [0.717, 1.165) is 5.56 Å². The van der Waals surface area contributed by atoms with Gasteiger partial charge in [-0.25, -0.2) is 0 Å². The van der Waals surface area contributed by atoms with Crippen molar-refractivity contribution in [2.24, 2.45) is 0 Å². The molecule has 0 unspecified atom stereocenters. The Morgan fingerprint density at radius 3 is 2.65 bits per heavy atom. The van der Waals surface area contributed by atoms with Gasteiger partial charge in [-0.1, -0.05) is 12.1 Å². The van der Waals surface area contributed by atoms with Crippen LogP contribution in [0, 0.1) is 17.0 Å². The van der Waals surface area contributed by atoms with Crippen LogP contribution in [0.2, 0.25) is 0 Å². The van der Waals surface area contributed by atoms with Gasteiger partial charge in [-0.3, -0.25) is 10.1 Å². The number of nitro groups is 1. The normalized spacial score (nSPS) is 10.3. The fraction of sp³-hybridized carbons (Fsp3) is 0.143. The summed E-state index contributed by atoms with van der Waals surface area (Å²) in [6.45, 7) is 1.58. The Morgan fingerprint density at radius 1 is 1.30 bits per heavy atom. The zero-order valence-corrected chi connectivity index (χ0v) is 12.3. The first-order valence-corrected chi connectivity index (χ1v) is 6.63. The molecule has 6 heteroatoms. The van der Waals surface area contributed by atoms with Gasteiger partial charge in [0.05, 0.1) is 21.6 Å². The third-order valence-electron chi connectivity index (χ3n) is 2.85. The fourth-order valence-corrected chi connectivity index (χ4v) is 2.26. The Kier molecular flexibility index (Phi) is 4.36. The van der Waals surface area contributed by atoms with Crippen LogP contribution in [0.4, 0.5) is 5.69 Å². The second-order valence-electron chi connectivity index (χ2n) is 4.18. The average Bonchev–Trinajstić information content (AvgIpc) is 2.42. The van der Waals surface area contributed by atoms with Gasteiger partial charge in [0.25, 0.3) is 5.69 Å². The lowest BCUT2D eigenvalue weighted by atomic mass is 10.2. The molecule has 0 aliphatic rings. The van der Waals surface area contributed by atoms with Crippen molar-refractivity contribution in [1.82, 2.24) is 0 Å². The highest BCUT2D eigenvalue weighted by molar-refractivity contribution is 9.10.